The highest BCUT2D eigenvalue weighted by molar-refractivity contribution is 7.87. The molecule has 0 saturated heterocycles. The minimum absolute atomic E-state index is 0.132. The molecule has 0 aromatic heterocycles. The molecule has 0 aliphatic rings. The van der Waals surface area contributed by atoms with Crippen molar-refractivity contribution in [2.24, 2.45) is 0 Å². The predicted molar refractivity (Wildman–Crippen MR) is 134 cm³/mol. The van der Waals surface area contributed by atoms with Gasteiger partial charge in [-0.15, -0.1) is 0 Å². The summed E-state index contributed by atoms with van der Waals surface area (Å²) in [5.74, 6) is 0.269. The van der Waals surface area contributed by atoms with Crippen LogP contribution in [0.4, 0.5) is 0 Å². The van der Waals surface area contributed by atoms with E-state index in [1.165, 1.54) is 10.4 Å². The van der Waals surface area contributed by atoms with Gasteiger partial charge in [0.15, 0.2) is 0 Å². The van der Waals surface area contributed by atoms with E-state index in [1.54, 1.807) is 36.4 Å². The van der Waals surface area contributed by atoms with Gasteiger partial charge in [0.2, 0.25) is 0 Å². The van der Waals surface area contributed by atoms with Crippen LogP contribution in [0.1, 0.15) is 11.1 Å². The average molecular weight is 475 g/mol. The Bertz CT molecular complexity index is 1250. The van der Waals surface area contributed by atoms with Gasteiger partial charge < -0.3 is 8.61 Å². The maximum absolute atomic E-state index is 12.5. The third-order valence-corrected chi connectivity index (χ3v) is 10.5. The first-order valence-corrected chi connectivity index (χ1v) is 14.5. The Morgan fingerprint density at radius 1 is 0.697 bits per heavy atom. The quantitative estimate of drug-likeness (QED) is 0.275. The summed E-state index contributed by atoms with van der Waals surface area (Å²) in [6.07, 6.45) is 0. The zero-order valence-electron chi connectivity index (χ0n) is 18.6. The van der Waals surface area contributed by atoms with E-state index in [2.05, 4.69) is 30.8 Å². The summed E-state index contributed by atoms with van der Waals surface area (Å²) in [7, 11) is -6.29. The molecule has 0 spiro atoms. The van der Waals surface area contributed by atoms with Crippen LogP contribution in [0.3, 0.4) is 0 Å². The molecule has 0 aliphatic carbocycles. The minimum atomic E-state index is -3.87. The highest BCUT2D eigenvalue weighted by Crippen LogP contribution is 2.20. The lowest BCUT2D eigenvalue weighted by atomic mass is 10.2. The first-order valence-electron chi connectivity index (χ1n) is 10.7. The van der Waals surface area contributed by atoms with Crippen molar-refractivity contribution in [2.75, 3.05) is 0 Å². The van der Waals surface area contributed by atoms with Crippen LogP contribution in [-0.2, 0) is 21.2 Å². The van der Waals surface area contributed by atoms with Gasteiger partial charge in [-0.2, -0.15) is 8.42 Å². The van der Waals surface area contributed by atoms with Crippen molar-refractivity contribution in [1.82, 2.24) is 0 Å². The maximum Gasteiger partial charge on any atom is 0.339 e. The van der Waals surface area contributed by atoms with Crippen LogP contribution >= 0.6 is 0 Å². The highest BCUT2D eigenvalue weighted by Gasteiger charge is 2.33. The topological polar surface area (TPSA) is 52.6 Å². The summed E-state index contributed by atoms with van der Waals surface area (Å²) in [5.41, 5.74) is 1.93. The van der Waals surface area contributed by atoms with E-state index in [9.17, 15) is 8.42 Å². The minimum Gasteiger partial charge on any atom is -0.404 e. The zero-order valence-corrected chi connectivity index (χ0v) is 20.5. The number of hydrogen-bond acceptors (Lipinski definition) is 4. The summed E-state index contributed by atoms with van der Waals surface area (Å²) < 4.78 is 37.0. The monoisotopic (exact) mass is 474 g/mol. The molecule has 0 radical (unpaired) electrons. The summed E-state index contributed by atoms with van der Waals surface area (Å²) in [5, 5.41) is 2.39. The molecule has 4 nitrogen and oxygen atoms in total. The van der Waals surface area contributed by atoms with Crippen LogP contribution in [-0.4, -0.2) is 16.7 Å². The molecule has 0 heterocycles. The van der Waals surface area contributed by atoms with Gasteiger partial charge in [0.1, 0.15) is 10.6 Å². The Labute approximate surface area is 196 Å². The van der Waals surface area contributed by atoms with Crippen LogP contribution in [0.2, 0.25) is 6.55 Å². The molecule has 0 amide bonds. The van der Waals surface area contributed by atoms with Gasteiger partial charge in [0.25, 0.3) is 8.32 Å². The first kappa shape index (κ1) is 23.0. The second-order valence-electron chi connectivity index (χ2n) is 8.05. The Morgan fingerprint density at radius 3 is 1.73 bits per heavy atom. The van der Waals surface area contributed by atoms with Crippen molar-refractivity contribution in [3.8, 4) is 5.75 Å². The van der Waals surface area contributed by atoms with Gasteiger partial charge in [-0.1, -0.05) is 90.5 Å². The molecule has 0 N–H and O–H groups in total. The van der Waals surface area contributed by atoms with Crippen molar-refractivity contribution in [3.63, 3.8) is 0 Å². The molecule has 4 aromatic rings. The normalized spacial score (nSPS) is 11.8. The van der Waals surface area contributed by atoms with Gasteiger partial charge in [0, 0.05) is 0 Å². The van der Waals surface area contributed by atoms with Crippen LogP contribution < -0.4 is 14.6 Å². The van der Waals surface area contributed by atoms with Crippen LogP contribution in [0.25, 0.3) is 0 Å². The van der Waals surface area contributed by atoms with Gasteiger partial charge in [0.05, 0.1) is 6.61 Å². The van der Waals surface area contributed by atoms with E-state index in [1.807, 2.05) is 55.5 Å². The van der Waals surface area contributed by atoms with Crippen LogP contribution in [0, 0.1) is 6.92 Å². The summed E-state index contributed by atoms with van der Waals surface area (Å²) in [6.45, 7) is 4.52. The predicted octanol–water partition coefficient (Wildman–Crippen LogP) is 4.67. The van der Waals surface area contributed by atoms with Gasteiger partial charge in [-0.25, -0.2) is 0 Å². The third kappa shape index (κ3) is 5.42. The van der Waals surface area contributed by atoms with Gasteiger partial charge >= 0.3 is 10.1 Å². The number of aryl methyl sites for hydroxylation is 1. The molecule has 33 heavy (non-hydrogen) atoms. The smallest absolute Gasteiger partial charge is 0.339 e. The SMILES string of the molecule is Cc1ccc(S(=O)(=O)Oc2ccc(CO[Si](C)(c3ccccc3)c3ccccc3)cc2)cc1. The molecule has 0 unspecified atom stereocenters. The Hall–Kier alpha value is -3.19. The summed E-state index contributed by atoms with van der Waals surface area (Å²) in [4.78, 5) is 0.132. The molecule has 4 aromatic carbocycles. The standard InChI is InChI=1S/C27H26O4SSi/c1-22-13-19-25(20-14-22)32(28,29)31-24-17-15-23(16-18-24)21-30-33(2,26-9-5-3-6-10-26)27-11-7-4-8-12-27/h3-20H,21H2,1-2H3. The zero-order chi connectivity index (χ0) is 23.3. The third-order valence-electron chi connectivity index (χ3n) is 5.62. The summed E-state index contributed by atoms with van der Waals surface area (Å²) >= 11 is 0. The number of benzene rings is 4. The number of hydrogen-bond donors (Lipinski definition) is 0. The van der Waals surface area contributed by atoms with Crippen molar-refractivity contribution in [1.29, 1.82) is 0 Å². The number of rotatable bonds is 8. The van der Waals surface area contributed by atoms with Crippen LogP contribution in [0.5, 0.6) is 5.75 Å². The van der Waals surface area contributed by atoms with E-state index >= 15 is 0 Å². The molecule has 0 saturated carbocycles. The lowest BCUT2D eigenvalue weighted by Gasteiger charge is -2.28. The fraction of sp³-hybridized carbons (Fsp3) is 0.111. The molecule has 0 bridgehead atoms. The molecule has 6 heteroatoms. The molecular formula is C27H26O4SSi. The summed E-state index contributed by atoms with van der Waals surface area (Å²) in [6, 6.07) is 34.2. The van der Waals surface area contributed by atoms with Crippen molar-refractivity contribution in [3.05, 3.63) is 120 Å². The molecule has 168 valence electrons. The van der Waals surface area contributed by atoms with E-state index in [0.29, 0.717) is 6.61 Å². The lowest BCUT2D eigenvalue weighted by Crippen LogP contribution is -2.58. The second-order valence-corrected chi connectivity index (χ2v) is 13.1. The highest BCUT2D eigenvalue weighted by atomic mass is 32.2. The van der Waals surface area contributed by atoms with Gasteiger partial charge in [-0.05, 0) is 53.7 Å². The lowest BCUT2D eigenvalue weighted by molar-refractivity contribution is 0.308. The second kappa shape index (κ2) is 9.75. The van der Waals surface area contributed by atoms with Crippen LogP contribution in [0.15, 0.2) is 114 Å². The van der Waals surface area contributed by atoms with Gasteiger partial charge in [-0.3, -0.25) is 0 Å². The van der Waals surface area contributed by atoms with E-state index in [4.69, 9.17) is 8.61 Å². The van der Waals surface area contributed by atoms with E-state index in [-0.39, 0.29) is 10.6 Å². The van der Waals surface area contributed by atoms with Crippen molar-refractivity contribution >= 4 is 28.8 Å². The molecule has 0 fully saturated rings. The molecule has 0 atom stereocenters. The Kier molecular flexibility index (Phi) is 6.79. The maximum atomic E-state index is 12.5. The average Bonchev–Trinajstić information content (AvgIpc) is 2.84. The fourth-order valence-corrected chi connectivity index (χ4v) is 7.30. The Balaban J connectivity index is 1.49. The van der Waals surface area contributed by atoms with E-state index < -0.39 is 18.4 Å². The molecule has 0 aliphatic heterocycles. The fourth-order valence-electron chi connectivity index (χ4n) is 3.59. The Morgan fingerprint density at radius 2 is 1.21 bits per heavy atom. The van der Waals surface area contributed by atoms with Crippen molar-refractivity contribution < 1.29 is 17.0 Å². The molecular weight excluding hydrogens is 448 g/mol. The van der Waals surface area contributed by atoms with Crippen molar-refractivity contribution in [2.45, 2.75) is 25.0 Å². The van der Waals surface area contributed by atoms with E-state index in [0.717, 1.165) is 11.1 Å². The first-order chi connectivity index (χ1) is 15.9. The molecule has 4 rings (SSSR count). The largest absolute Gasteiger partial charge is 0.404 e.